The molecule has 1 rings (SSSR count). The average molecular weight is 351 g/mol. The van der Waals surface area contributed by atoms with Crippen LogP contribution in [-0.2, 0) is 16.0 Å². The van der Waals surface area contributed by atoms with Crippen molar-refractivity contribution in [2.75, 3.05) is 13.2 Å². The molecule has 0 spiro atoms. The molecule has 6 nitrogen and oxygen atoms in total. The Kier molecular flexibility index (Phi) is 8.81. The van der Waals surface area contributed by atoms with Crippen LogP contribution in [0.2, 0.25) is 0 Å². The molecule has 0 heterocycles. The van der Waals surface area contributed by atoms with Crippen molar-refractivity contribution in [3.05, 3.63) is 29.8 Å². The normalized spacial score (nSPS) is 11.0. The molecule has 1 aromatic carbocycles. The van der Waals surface area contributed by atoms with E-state index in [-0.39, 0.29) is 12.5 Å². The number of alkyl carbamates (subject to hydrolysis) is 1. The van der Waals surface area contributed by atoms with E-state index in [1.807, 2.05) is 26.8 Å². The summed E-state index contributed by atoms with van der Waals surface area (Å²) in [5, 5.41) is 11.5. The molecule has 0 unspecified atom stereocenters. The Balaban J connectivity index is 2.07. The first-order valence-corrected chi connectivity index (χ1v) is 8.66. The van der Waals surface area contributed by atoms with Crippen LogP contribution >= 0.6 is 0 Å². The first kappa shape index (κ1) is 20.8. The van der Waals surface area contributed by atoms with Crippen LogP contribution in [0.25, 0.3) is 0 Å². The highest BCUT2D eigenvalue weighted by atomic mass is 16.6. The summed E-state index contributed by atoms with van der Waals surface area (Å²) in [5.74, 6) is -0.150. The number of carbonyl (C=O) groups excluding carboxylic acids is 1. The molecule has 0 aliphatic carbocycles. The maximum absolute atomic E-state index is 11.5. The molecule has 0 fully saturated rings. The van der Waals surface area contributed by atoms with Crippen LogP contribution in [0, 0.1) is 0 Å². The van der Waals surface area contributed by atoms with Gasteiger partial charge < -0.3 is 19.9 Å². The van der Waals surface area contributed by atoms with E-state index >= 15 is 0 Å². The molecule has 0 bridgehead atoms. The van der Waals surface area contributed by atoms with Crippen molar-refractivity contribution in [2.24, 2.45) is 0 Å². The van der Waals surface area contributed by atoms with Gasteiger partial charge in [-0.3, -0.25) is 4.79 Å². The average Bonchev–Trinajstić information content (AvgIpc) is 2.48. The maximum Gasteiger partial charge on any atom is 0.407 e. The van der Waals surface area contributed by atoms with Gasteiger partial charge in [0.05, 0.1) is 13.0 Å². The van der Waals surface area contributed by atoms with E-state index in [1.54, 1.807) is 18.2 Å². The zero-order valence-electron chi connectivity index (χ0n) is 15.3. The summed E-state index contributed by atoms with van der Waals surface area (Å²) >= 11 is 0. The van der Waals surface area contributed by atoms with Crippen molar-refractivity contribution in [2.45, 2.75) is 58.5 Å². The maximum atomic E-state index is 11.5. The van der Waals surface area contributed by atoms with E-state index < -0.39 is 11.6 Å². The number of hydrogen-bond acceptors (Lipinski definition) is 4. The molecular weight excluding hydrogens is 322 g/mol. The van der Waals surface area contributed by atoms with Crippen LogP contribution < -0.4 is 10.1 Å². The first-order chi connectivity index (χ1) is 11.8. The first-order valence-electron chi connectivity index (χ1n) is 8.66. The van der Waals surface area contributed by atoms with Crippen molar-refractivity contribution in [3.8, 4) is 5.75 Å². The van der Waals surface area contributed by atoms with E-state index in [2.05, 4.69) is 5.32 Å². The van der Waals surface area contributed by atoms with Gasteiger partial charge in [-0.25, -0.2) is 4.79 Å². The van der Waals surface area contributed by atoms with Gasteiger partial charge in [-0.2, -0.15) is 0 Å². The van der Waals surface area contributed by atoms with E-state index in [0.717, 1.165) is 31.2 Å². The number of amides is 1. The van der Waals surface area contributed by atoms with Gasteiger partial charge in [-0.1, -0.05) is 25.0 Å². The van der Waals surface area contributed by atoms with Gasteiger partial charge in [0, 0.05) is 6.54 Å². The molecule has 6 heteroatoms. The topological polar surface area (TPSA) is 84.9 Å². The van der Waals surface area contributed by atoms with E-state index in [1.165, 1.54) is 0 Å². The molecule has 0 radical (unpaired) electrons. The van der Waals surface area contributed by atoms with Gasteiger partial charge in [-0.05, 0) is 51.3 Å². The summed E-state index contributed by atoms with van der Waals surface area (Å²) in [7, 11) is 0. The van der Waals surface area contributed by atoms with Crippen LogP contribution in [-0.4, -0.2) is 35.9 Å². The zero-order valence-corrected chi connectivity index (χ0v) is 15.3. The number of rotatable bonds is 10. The predicted octanol–water partition coefficient (Wildman–Crippen LogP) is 3.78. The third-order valence-electron chi connectivity index (χ3n) is 3.26. The second-order valence-electron chi connectivity index (χ2n) is 6.91. The Morgan fingerprint density at radius 2 is 1.84 bits per heavy atom. The molecule has 140 valence electrons. The minimum atomic E-state index is -0.850. The van der Waals surface area contributed by atoms with Crippen molar-refractivity contribution < 1.29 is 24.2 Å². The number of carboxylic acid groups (broad SMARTS) is 1. The Morgan fingerprint density at radius 1 is 1.12 bits per heavy atom. The van der Waals surface area contributed by atoms with Gasteiger partial charge in [0.25, 0.3) is 0 Å². The van der Waals surface area contributed by atoms with E-state index in [0.29, 0.717) is 18.9 Å². The molecule has 0 saturated carbocycles. The van der Waals surface area contributed by atoms with Crippen LogP contribution in [0.15, 0.2) is 24.3 Å². The fourth-order valence-electron chi connectivity index (χ4n) is 2.20. The SMILES string of the molecule is CC(C)(C)OC(=O)NCCCCCCOc1cccc(CC(=O)O)c1. The van der Waals surface area contributed by atoms with E-state index in [9.17, 15) is 9.59 Å². The Bertz CT molecular complexity index is 551. The number of benzene rings is 1. The molecule has 1 aromatic rings. The number of carboxylic acids is 1. The minimum Gasteiger partial charge on any atom is -0.494 e. The number of carbonyl (C=O) groups is 2. The van der Waals surface area contributed by atoms with Crippen molar-refractivity contribution >= 4 is 12.1 Å². The summed E-state index contributed by atoms with van der Waals surface area (Å²) in [6, 6.07) is 7.17. The van der Waals surface area contributed by atoms with Crippen LogP contribution in [0.3, 0.4) is 0 Å². The molecule has 2 N–H and O–H groups in total. The summed E-state index contributed by atoms with van der Waals surface area (Å²) in [6.45, 7) is 6.71. The van der Waals surface area contributed by atoms with E-state index in [4.69, 9.17) is 14.6 Å². The van der Waals surface area contributed by atoms with Crippen molar-refractivity contribution in [1.29, 1.82) is 0 Å². The van der Waals surface area contributed by atoms with Crippen molar-refractivity contribution in [1.82, 2.24) is 5.32 Å². The lowest BCUT2D eigenvalue weighted by atomic mass is 10.1. The molecule has 0 aliphatic rings. The molecule has 0 aliphatic heterocycles. The molecule has 1 amide bonds. The second-order valence-corrected chi connectivity index (χ2v) is 6.91. The predicted molar refractivity (Wildman–Crippen MR) is 96.0 cm³/mol. The third kappa shape index (κ3) is 11.0. The third-order valence-corrected chi connectivity index (χ3v) is 3.26. The number of nitrogens with one attached hydrogen (secondary N) is 1. The summed E-state index contributed by atoms with van der Waals surface area (Å²) < 4.78 is 10.8. The number of unbranched alkanes of at least 4 members (excludes halogenated alkanes) is 3. The Morgan fingerprint density at radius 3 is 2.52 bits per heavy atom. The largest absolute Gasteiger partial charge is 0.494 e. The van der Waals surface area contributed by atoms with Gasteiger partial charge in [-0.15, -0.1) is 0 Å². The lowest BCUT2D eigenvalue weighted by Crippen LogP contribution is -2.32. The monoisotopic (exact) mass is 351 g/mol. The number of aliphatic carboxylic acids is 1. The Labute approximate surface area is 149 Å². The highest BCUT2D eigenvalue weighted by molar-refractivity contribution is 5.70. The molecule has 0 saturated heterocycles. The second kappa shape index (κ2) is 10.6. The lowest BCUT2D eigenvalue weighted by molar-refractivity contribution is -0.136. The van der Waals surface area contributed by atoms with Crippen molar-refractivity contribution in [3.63, 3.8) is 0 Å². The standard InChI is InChI=1S/C19H29NO5/c1-19(2,3)25-18(23)20-11-6-4-5-7-12-24-16-10-8-9-15(13-16)14-17(21)22/h8-10,13H,4-7,11-12,14H2,1-3H3,(H,20,23)(H,21,22). The highest BCUT2D eigenvalue weighted by Gasteiger charge is 2.15. The van der Waals surface area contributed by atoms with Gasteiger partial charge in [0.2, 0.25) is 0 Å². The molecule has 0 atom stereocenters. The summed E-state index contributed by atoms with van der Waals surface area (Å²) in [5.41, 5.74) is 0.265. The van der Waals surface area contributed by atoms with Crippen LogP contribution in [0.5, 0.6) is 5.75 Å². The number of hydrogen-bond donors (Lipinski definition) is 2. The minimum absolute atomic E-state index is 0.00183. The smallest absolute Gasteiger partial charge is 0.407 e. The summed E-state index contributed by atoms with van der Waals surface area (Å²) in [4.78, 5) is 22.2. The van der Waals surface area contributed by atoms with Gasteiger partial charge >= 0.3 is 12.1 Å². The lowest BCUT2D eigenvalue weighted by Gasteiger charge is -2.19. The number of ether oxygens (including phenoxy) is 2. The van der Waals surface area contributed by atoms with Gasteiger partial charge in [0.1, 0.15) is 11.4 Å². The summed E-state index contributed by atoms with van der Waals surface area (Å²) in [6.07, 6.45) is 3.44. The van der Waals surface area contributed by atoms with Crippen LogP contribution in [0.4, 0.5) is 4.79 Å². The fraction of sp³-hybridized carbons (Fsp3) is 0.579. The quantitative estimate of drug-likeness (QED) is 0.627. The highest BCUT2D eigenvalue weighted by Crippen LogP contribution is 2.14. The fourth-order valence-corrected chi connectivity index (χ4v) is 2.20. The molecule has 25 heavy (non-hydrogen) atoms. The zero-order chi connectivity index (χ0) is 18.7. The Hall–Kier alpha value is -2.24. The van der Waals surface area contributed by atoms with Crippen LogP contribution in [0.1, 0.15) is 52.0 Å². The molecular formula is C19H29NO5. The van der Waals surface area contributed by atoms with Gasteiger partial charge in [0.15, 0.2) is 0 Å². The molecule has 0 aromatic heterocycles.